The number of piperazine rings is 1. The molecule has 0 radical (unpaired) electrons. The third-order valence-corrected chi connectivity index (χ3v) is 6.46. The highest BCUT2D eigenvalue weighted by atomic mass is 16.5. The lowest BCUT2D eigenvalue weighted by Crippen LogP contribution is -2.51. The van der Waals surface area contributed by atoms with Crippen molar-refractivity contribution in [2.75, 3.05) is 38.6 Å². The number of amides is 3. The van der Waals surface area contributed by atoms with E-state index in [9.17, 15) is 14.9 Å². The van der Waals surface area contributed by atoms with Crippen LogP contribution in [0.15, 0.2) is 78.9 Å². The highest BCUT2D eigenvalue weighted by Crippen LogP contribution is 2.25. The van der Waals surface area contributed by atoms with Crippen LogP contribution in [0.5, 0.6) is 5.75 Å². The summed E-state index contributed by atoms with van der Waals surface area (Å²) in [5.74, 6) is 0.548. The van der Waals surface area contributed by atoms with E-state index in [0.717, 1.165) is 22.4 Å². The number of aryl methyl sites for hydroxylation is 1. The van der Waals surface area contributed by atoms with Gasteiger partial charge in [-0.15, -0.1) is 0 Å². The van der Waals surface area contributed by atoms with Crippen LogP contribution >= 0.6 is 0 Å². The van der Waals surface area contributed by atoms with Crippen molar-refractivity contribution in [1.82, 2.24) is 9.80 Å². The molecular weight excluding hydrogens is 452 g/mol. The van der Waals surface area contributed by atoms with Gasteiger partial charge in [0, 0.05) is 38.3 Å². The molecule has 7 heteroatoms. The summed E-state index contributed by atoms with van der Waals surface area (Å²) in [4.78, 5) is 28.9. The molecule has 36 heavy (non-hydrogen) atoms. The zero-order valence-electron chi connectivity index (χ0n) is 20.4. The van der Waals surface area contributed by atoms with Gasteiger partial charge < -0.3 is 19.9 Å². The molecule has 184 valence electrons. The first-order chi connectivity index (χ1) is 17.6. The second-order valence-corrected chi connectivity index (χ2v) is 8.74. The number of anilines is 1. The van der Waals surface area contributed by atoms with Gasteiger partial charge in [0.2, 0.25) is 5.91 Å². The molecule has 1 aliphatic heterocycles. The van der Waals surface area contributed by atoms with Crippen molar-refractivity contribution in [2.45, 2.75) is 18.8 Å². The summed E-state index contributed by atoms with van der Waals surface area (Å²) in [5.41, 5.74) is 3.58. The van der Waals surface area contributed by atoms with Gasteiger partial charge >= 0.3 is 6.03 Å². The van der Waals surface area contributed by atoms with Gasteiger partial charge in [0.15, 0.2) is 0 Å². The van der Waals surface area contributed by atoms with E-state index in [0.29, 0.717) is 44.7 Å². The number of hydrogen-bond donors (Lipinski definition) is 1. The Morgan fingerprint density at radius 2 is 1.50 bits per heavy atom. The Morgan fingerprint density at radius 1 is 0.889 bits per heavy atom. The Kier molecular flexibility index (Phi) is 8.20. The lowest BCUT2D eigenvalue weighted by molar-refractivity contribution is -0.132. The summed E-state index contributed by atoms with van der Waals surface area (Å²) in [5, 5.41) is 12.6. The van der Waals surface area contributed by atoms with Crippen LogP contribution < -0.4 is 10.1 Å². The van der Waals surface area contributed by atoms with E-state index in [-0.39, 0.29) is 17.9 Å². The maximum Gasteiger partial charge on any atom is 0.321 e. The number of carbonyl (C=O) groups is 2. The fraction of sp³-hybridized carbons (Fsp3) is 0.276. The second-order valence-electron chi connectivity index (χ2n) is 8.74. The van der Waals surface area contributed by atoms with Gasteiger partial charge in [-0.25, -0.2) is 4.79 Å². The van der Waals surface area contributed by atoms with E-state index in [1.54, 1.807) is 12.0 Å². The van der Waals surface area contributed by atoms with Gasteiger partial charge in [-0.1, -0.05) is 54.6 Å². The monoisotopic (exact) mass is 482 g/mol. The maximum absolute atomic E-state index is 12.8. The largest absolute Gasteiger partial charge is 0.497 e. The lowest BCUT2D eigenvalue weighted by atomic mass is 9.92. The third-order valence-electron chi connectivity index (χ3n) is 6.46. The van der Waals surface area contributed by atoms with Crippen molar-refractivity contribution in [3.05, 3.63) is 95.6 Å². The third kappa shape index (κ3) is 6.22. The van der Waals surface area contributed by atoms with Crippen LogP contribution in [0.4, 0.5) is 10.5 Å². The van der Waals surface area contributed by atoms with E-state index in [1.807, 2.05) is 83.8 Å². The highest BCUT2D eigenvalue weighted by molar-refractivity contribution is 5.89. The number of rotatable bonds is 7. The van der Waals surface area contributed by atoms with Gasteiger partial charge in [-0.05, 0) is 47.4 Å². The molecule has 1 fully saturated rings. The number of nitriles is 1. The first kappa shape index (κ1) is 24.8. The Bertz CT molecular complexity index is 1200. The topological polar surface area (TPSA) is 85.7 Å². The Balaban J connectivity index is 1.24. The molecule has 1 atom stereocenters. The van der Waals surface area contributed by atoms with Gasteiger partial charge in [-0.3, -0.25) is 4.79 Å². The number of methoxy groups -OCH3 is 1. The second kappa shape index (κ2) is 11.9. The standard InChI is InChI=1S/C29H30N4O3/c1-36-26-14-7-22(8-15-26)9-16-28(34)32-17-19-33(20-18-32)29(35)31-25-12-10-24(11-13-25)27(21-30)23-5-3-2-4-6-23/h2-8,10-15,27H,9,16-20H2,1H3,(H,31,35). The first-order valence-electron chi connectivity index (χ1n) is 12.1. The molecule has 3 aromatic rings. The number of nitrogens with one attached hydrogen (secondary N) is 1. The van der Waals surface area contributed by atoms with Crippen LogP contribution in [0.3, 0.4) is 0 Å². The van der Waals surface area contributed by atoms with Crippen LogP contribution in [-0.4, -0.2) is 55.0 Å². The van der Waals surface area contributed by atoms with Crippen molar-refractivity contribution in [2.24, 2.45) is 0 Å². The minimum absolute atomic E-state index is 0.104. The molecular formula is C29H30N4O3. The number of ether oxygens (including phenoxy) is 1. The summed E-state index contributed by atoms with van der Waals surface area (Å²) < 4.78 is 5.17. The first-order valence-corrected chi connectivity index (χ1v) is 12.1. The number of benzene rings is 3. The molecule has 1 heterocycles. The average Bonchev–Trinajstić information content (AvgIpc) is 2.94. The van der Waals surface area contributed by atoms with Gasteiger partial charge in [0.25, 0.3) is 0 Å². The number of nitrogens with zero attached hydrogens (tertiary/aromatic N) is 3. The maximum atomic E-state index is 12.8. The zero-order chi connectivity index (χ0) is 25.3. The normalized spacial score (nSPS) is 14.0. The van der Waals surface area contributed by atoms with Crippen molar-refractivity contribution in [3.8, 4) is 11.8 Å². The molecule has 1 N–H and O–H groups in total. The minimum Gasteiger partial charge on any atom is -0.497 e. The predicted octanol–water partition coefficient (Wildman–Crippen LogP) is 4.66. The number of urea groups is 1. The molecule has 0 aromatic heterocycles. The molecule has 3 amide bonds. The van der Waals surface area contributed by atoms with Crippen LogP contribution in [0.1, 0.15) is 29.0 Å². The summed E-state index contributed by atoms with van der Waals surface area (Å²) in [6.07, 6.45) is 1.12. The molecule has 4 rings (SSSR count). The molecule has 0 bridgehead atoms. The van der Waals surface area contributed by atoms with E-state index in [2.05, 4.69) is 11.4 Å². The number of carbonyl (C=O) groups excluding carboxylic acids is 2. The zero-order valence-corrected chi connectivity index (χ0v) is 20.4. The van der Waals surface area contributed by atoms with Gasteiger partial charge in [0.1, 0.15) is 5.75 Å². The summed E-state index contributed by atoms with van der Waals surface area (Å²) >= 11 is 0. The van der Waals surface area contributed by atoms with E-state index >= 15 is 0 Å². The summed E-state index contributed by atoms with van der Waals surface area (Å²) in [7, 11) is 1.63. The summed E-state index contributed by atoms with van der Waals surface area (Å²) in [6, 6.07) is 26.9. The Hall–Kier alpha value is -4.31. The summed E-state index contributed by atoms with van der Waals surface area (Å²) in [6.45, 7) is 2.02. The molecule has 1 saturated heterocycles. The quantitative estimate of drug-likeness (QED) is 0.531. The minimum atomic E-state index is -0.355. The van der Waals surface area contributed by atoms with Crippen LogP contribution in [0, 0.1) is 11.3 Å². The van der Waals surface area contributed by atoms with Gasteiger partial charge in [-0.2, -0.15) is 5.26 Å². The van der Waals surface area contributed by atoms with Crippen molar-refractivity contribution in [3.63, 3.8) is 0 Å². The molecule has 3 aromatic carbocycles. The predicted molar refractivity (Wildman–Crippen MR) is 139 cm³/mol. The Morgan fingerprint density at radius 3 is 2.11 bits per heavy atom. The van der Waals surface area contributed by atoms with Crippen molar-refractivity contribution in [1.29, 1.82) is 5.26 Å². The molecule has 0 aliphatic carbocycles. The van der Waals surface area contributed by atoms with E-state index < -0.39 is 0 Å². The highest BCUT2D eigenvalue weighted by Gasteiger charge is 2.24. The van der Waals surface area contributed by atoms with E-state index in [1.165, 1.54) is 0 Å². The number of hydrogen-bond acceptors (Lipinski definition) is 4. The van der Waals surface area contributed by atoms with Crippen molar-refractivity contribution >= 4 is 17.6 Å². The SMILES string of the molecule is COc1ccc(CCC(=O)N2CCN(C(=O)Nc3ccc(C(C#N)c4ccccc4)cc3)CC2)cc1. The molecule has 7 nitrogen and oxygen atoms in total. The van der Waals surface area contributed by atoms with Crippen LogP contribution in [-0.2, 0) is 11.2 Å². The van der Waals surface area contributed by atoms with E-state index in [4.69, 9.17) is 4.74 Å². The molecule has 0 saturated carbocycles. The van der Waals surface area contributed by atoms with Crippen LogP contribution in [0.2, 0.25) is 0 Å². The Labute approximate surface area is 211 Å². The fourth-order valence-electron chi connectivity index (χ4n) is 4.31. The smallest absolute Gasteiger partial charge is 0.321 e. The fourth-order valence-corrected chi connectivity index (χ4v) is 4.31. The molecule has 0 spiro atoms. The average molecular weight is 483 g/mol. The molecule has 1 unspecified atom stereocenters. The van der Waals surface area contributed by atoms with Gasteiger partial charge in [0.05, 0.1) is 19.1 Å². The van der Waals surface area contributed by atoms with Crippen molar-refractivity contribution < 1.29 is 14.3 Å². The molecule has 1 aliphatic rings. The lowest BCUT2D eigenvalue weighted by Gasteiger charge is -2.34. The van der Waals surface area contributed by atoms with Crippen LogP contribution in [0.25, 0.3) is 0 Å².